The Hall–Kier alpha value is -3.47. The molecule has 5 rings (SSSR count). The molecule has 0 bridgehead atoms. The summed E-state index contributed by atoms with van der Waals surface area (Å²) in [5, 5.41) is 6.43. The Morgan fingerprint density at radius 2 is 1.78 bits per heavy atom. The second kappa shape index (κ2) is 5.77. The van der Waals surface area contributed by atoms with Crippen LogP contribution < -0.4 is 0 Å². The molecule has 0 radical (unpaired) electrons. The highest BCUT2D eigenvalue weighted by Crippen LogP contribution is 2.37. The maximum Gasteiger partial charge on any atom is 0.123 e. The van der Waals surface area contributed by atoms with Gasteiger partial charge in [-0.25, -0.2) is 4.39 Å². The number of fused-ring (bicyclic) bond motifs is 2. The number of rotatable bonds is 2. The fourth-order valence-electron chi connectivity index (χ4n) is 3.70. The molecule has 0 aliphatic heterocycles. The summed E-state index contributed by atoms with van der Waals surface area (Å²) in [6, 6.07) is 14.9. The molecule has 5 aromatic rings. The van der Waals surface area contributed by atoms with Crippen molar-refractivity contribution >= 4 is 21.8 Å². The summed E-state index contributed by atoms with van der Waals surface area (Å²) in [6.07, 6.45) is 5.73. The van der Waals surface area contributed by atoms with Crippen LogP contribution in [0.3, 0.4) is 0 Å². The van der Waals surface area contributed by atoms with E-state index in [1.54, 1.807) is 12.1 Å². The zero-order valence-electron chi connectivity index (χ0n) is 15.0. The normalized spacial score (nSPS) is 11.5. The quantitative estimate of drug-likeness (QED) is 0.449. The highest BCUT2D eigenvalue weighted by Gasteiger charge is 2.16. The van der Waals surface area contributed by atoms with E-state index in [-0.39, 0.29) is 5.82 Å². The minimum atomic E-state index is -0.255. The van der Waals surface area contributed by atoms with Gasteiger partial charge in [-0.1, -0.05) is 18.2 Å². The highest BCUT2D eigenvalue weighted by atomic mass is 19.1. The smallest absolute Gasteiger partial charge is 0.123 e. The molecule has 5 heteroatoms. The zero-order valence-corrected chi connectivity index (χ0v) is 15.0. The van der Waals surface area contributed by atoms with Gasteiger partial charge in [0.25, 0.3) is 0 Å². The summed E-state index contributed by atoms with van der Waals surface area (Å²) in [7, 11) is 3.91. The summed E-state index contributed by atoms with van der Waals surface area (Å²) in [5.41, 5.74) is 5.66. The minimum Gasteiger partial charge on any atom is -0.349 e. The summed E-state index contributed by atoms with van der Waals surface area (Å²) >= 11 is 0. The predicted octanol–water partition coefficient (Wildman–Crippen LogP) is 4.93. The first-order valence-corrected chi connectivity index (χ1v) is 8.74. The standard InChI is InChI=1S/C22H17FN4/c1-26-9-8-18-20(26)13-24-22(21(18)14-4-3-5-17(23)11-14)15-6-7-19-16(10-15)12-25-27(19)2/h3-13H,1-2H3. The highest BCUT2D eigenvalue weighted by molar-refractivity contribution is 6.02. The van der Waals surface area contributed by atoms with Gasteiger partial charge in [0, 0.05) is 42.2 Å². The Morgan fingerprint density at radius 1 is 0.889 bits per heavy atom. The lowest BCUT2D eigenvalue weighted by Gasteiger charge is -2.12. The van der Waals surface area contributed by atoms with Crippen LogP contribution in [0.15, 0.2) is 67.1 Å². The van der Waals surface area contributed by atoms with E-state index < -0.39 is 0 Å². The Bertz CT molecular complexity index is 1310. The maximum absolute atomic E-state index is 14.0. The van der Waals surface area contributed by atoms with Crippen LogP contribution in [0.4, 0.5) is 4.39 Å². The number of aromatic nitrogens is 4. The van der Waals surface area contributed by atoms with Crippen LogP contribution >= 0.6 is 0 Å². The van der Waals surface area contributed by atoms with Gasteiger partial charge in [0.1, 0.15) is 5.82 Å². The van der Waals surface area contributed by atoms with Crippen LogP contribution in [0.25, 0.3) is 44.2 Å². The number of hydrogen-bond donors (Lipinski definition) is 0. The van der Waals surface area contributed by atoms with E-state index in [2.05, 4.69) is 17.2 Å². The Kier molecular flexibility index (Phi) is 3.37. The van der Waals surface area contributed by atoms with Gasteiger partial charge in [-0.05, 0) is 35.9 Å². The molecule has 0 saturated carbocycles. The predicted molar refractivity (Wildman–Crippen MR) is 106 cm³/mol. The molecule has 0 spiro atoms. The van der Waals surface area contributed by atoms with Gasteiger partial charge >= 0.3 is 0 Å². The van der Waals surface area contributed by atoms with Crippen molar-refractivity contribution < 1.29 is 4.39 Å². The summed E-state index contributed by atoms with van der Waals surface area (Å²) in [4.78, 5) is 4.76. The van der Waals surface area contributed by atoms with Crippen molar-refractivity contribution in [2.24, 2.45) is 14.1 Å². The minimum absolute atomic E-state index is 0.255. The van der Waals surface area contributed by atoms with E-state index in [9.17, 15) is 4.39 Å². The average Bonchev–Trinajstić information content (AvgIpc) is 3.24. The fourth-order valence-corrected chi connectivity index (χ4v) is 3.70. The van der Waals surface area contributed by atoms with Gasteiger partial charge in [0.2, 0.25) is 0 Å². The SMILES string of the molecule is Cn1ccc2c(-c3cccc(F)c3)c(-c3ccc4c(cnn4C)c3)ncc21. The number of halogens is 1. The second-order valence-electron chi connectivity index (χ2n) is 6.76. The van der Waals surface area contributed by atoms with Crippen LogP contribution in [0.2, 0.25) is 0 Å². The summed E-state index contributed by atoms with van der Waals surface area (Å²) in [5.74, 6) is -0.255. The van der Waals surface area contributed by atoms with Gasteiger partial charge in [-0.15, -0.1) is 0 Å². The molecule has 0 aliphatic carbocycles. The molecule has 0 saturated heterocycles. The molecule has 0 N–H and O–H groups in total. The van der Waals surface area contributed by atoms with E-state index in [1.165, 1.54) is 6.07 Å². The molecule has 0 unspecified atom stereocenters. The second-order valence-corrected chi connectivity index (χ2v) is 6.76. The Balaban J connectivity index is 1.84. The van der Waals surface area contributed by atoms with Gasteiger partial charge in [-0.3, -0.25) is 9.67 Å². The number of pyridine rings is 1. The lowest BCUT2D eigenvalue weighted by Crippen LogP contribution is -1.94. The molecule has 3 heterocycles. The number of hydrogen-bond acceptors (Lipinski definition) is 2. The van der Waals surface area contributed by atoms with Crippen molar-refractivity contribution in [3.63, 3.8) is 0 Å². The third-order valence-corrected chi connectivity index (χ3v) is 5.08. The van der Waals surface area contributed by atoms with Crippen molar-refractivity contribution in [1.82, 2.24) is 19.3 Å². The monoisotopic (exact) mass is 356 g/mol. The van der Waals surface area contributed by atoms with Crippen molar-refractivity contribution in [3.05, 3.63) is 72.9 Å². The largest absolute Gasteiger partial charge is 0.349 e. The molecule has 0 amide bonds. The van der Waals surface area contributed by atoms with E-state index in [0.717, 1.165) is 44.2 Å². The third-order valence-electron chi connectivity index (χ3n) is 5.08. The van der Waals surface area contributed by atoms with Crippen LogP contribution in [-0.2, 0) is 14.1 Å². The average molecular weight is 356 g/mol. The third kappa shape index (κ3) is 2.43. The van der Waals surface area contributed by atoms with Crippen molar-refractivity contribution in [2.75, 3.05) is 0 Å². The number of aryl methyl sites for hydroxylation is 2. The molecular weight excluding hydrogens is 339 g/mol. The molecule has 132 valence electrons. The van der Waals surface area contributed by atoms with Gasteiger partial charge < -0.3 is 4.57 Å². The molecule has 0 fully saturated rings. The van der Waals surface area contributed by atoms with Crippen LogP contribution in [0, 0.1) is 5.82 Å². The first kappa shape index (κ1) is 15.8. The first-order valence-electron chi connectivity index (χ1n) is 8.74. The Labute approximate surface area is 155 Å². The van der Waals surface area contributed by atoms with Crippen LogP contribution in [0.5, 0.6) is 0 Å². The molecule has 3 aromatic heterocycles. The van der Waals surface area contributed by atoms with Gasteiger partial charge in [0.05, 0.1) is 29.1 Å². The van der Waals surface area contributed by atoms with E-state index in [0.29, 0.717) is 0 Å². The topological polar surface area (TPSA) is 35.6 Å². The molecule has 0 atom stereocenters. The Morgan fingerprint density at radius 3 is 2.63 bits per heavy atom. The summed E-state index contributed by atoms with van der Waals surface area (Å²) in [6.45, 7) is 0. The maximum atomic E-state index is 14.0. The van der Waals surface area contributed by atoms with Crippen molar-refractivity contribution in [3.8, 4) is 22.4 Å². The molecule has 2 aromatic carbocycles. The molecule has 0 aliphatic rings. The van der Waals surface area contributed by atoms with Crippen molar-refractivity contribution in [2.45, 2.75) is 0 Å². The van der Waals surface area contributed by atoms with E-state index >= 15 is 0 Å². The van der Waals surface area contributed by atoms with E-state index in [1.807, 2.05) is 60.1 Å². The molecular formula is C22H17FN4. The first-order chi connectivity index (χ1) is 13.1. The van der Waals surface area contributed by atoms with Gasteiger partial charge in [0.15, 0.2) is 0 Å². The molecule has 4 nitrogen and oxygen atoms in total. The fraction of sp³-hybridized carbons (Fsp3) is 0.0909. The lowest BCUT2D eigenvalue weighted by atomic mass is 9.96. The number of nitrogens with zero attached hydrogens (tertiary/aromatic N) is 4. The van der Waals surface area contributed by atoms with Gasteiger partial charge in [-0.2, -0.15) is 5.10 Å². The zero-order chi connectivity index (χ0) is 18.5. The molecule has 27 heavy (non-hydrogen) atoms. The van der Waals surface area contributed by atoms with Crippen LogP contribution in [-0.4, -0.2) is 19.3 Å². The van der Waals surface area contributed by atoms with E-state index in [4.69, 9.17) is 4.98 Å². The van der Waals surface area contributed by atoms with Crippen LogP contribution in [0.1, 0.15) is 0 Å². The summed E-state index contributed by atoms with van der Waals surface area (Å²) < 4.78 is 17.8. The lowest BCUT2D eigenvalue weighted by molar-refractivity contribution is 0.628. The van der Waals surface area contributed by atoms with Crippen molar-refractivity contribution in [1.29, 1.82) is 0 Å². The number of benzene rings is 2.